The number of ether oxygens (including phenoxy) is 1. The molecule has 4 nitrogen and oxygen atoms in total. The zero-order valence-corrected chi connectivity index (χ0v) is 13.6. The molecule has 0 spiro atoms. The van der Waals surface area contributed by atoms with Crippen LogP contribution in [0.15, 0.2) is 66.9 Å². The molecule has 3 rings (SSSR count). The summed E-state index contributed by atoms with van der Waals surface area (Å²) in [6.45, 7) is 1.18. The van der Waals surface area contributed by atoms with Gasteiger partial charge in [0.15, 0.2) is 0 Å². The van der Waals surface area contributed by atoms with E-state index in [-0.39, 0.29) is 0 Å². The molecule has 0 amide bonds. The van der Waals surface area contributed by atoms with Crippen molar-refractivity contribution in [3.8, 4) is 22.8 Å². The minimum atomic E-state index is 0.299. The maximum absolute atomic E-state index is 9.82. The zero-order valence-electron chi connectivity index (χ0n) is 13.6. The van der Waals surface area contributed by atoms with Gasteiger partial charge in [-0.2, -0.15) is 0 Å². The number of aromatic nitrogens is 1. The fourth-order valence-corrected chi connectivity index (χ4v) is 2.59. The van der Waals surface area contributed by atoms with Crippen molar-refractivity contribution in [2.75, 3.05) is 7.11 Å². The Labute approximate surface area is 141 Å². The number of phenols is 1. The molecule has 2 N–H and O–H groups in total. The summed E-state index contributed by atoms with van der Waals surface area (Å²) >= 11 is 0. The van der Waals surface area contributed by atoms with Gasteiger partial charge in [-0.25, -0.2) is 4.98 Å². The van der Waals surface area contributed by atoms with Gasteiger partial charge in [0.05, 0.1) is 7.11 Å². The van der Waals surface area contributed by atoms with Gasteiger partial charge < -0.3 is 15.2 Å². The molecule has 1 aromatic heterocycles. The number of hydrogen-bond donors (Lipinski definition) is 2. The van der Waals surface area contributed by atoms with Gasteiger partial charge in [-0.15, -0.1) is 0 Å². The lowest BCUT2D eigenvalue weighted by Crippen LogP contribution is -2.14. The van der Waals surface area contributed by atoms with E-state index in [1.807, 2.05) is 42.6 Å². The molecule has 122 valence electrons. The van der Waals surface area contributed by atoms with Crippen molar-refractivity contribution >= 4 is 0 Å². The molecular formula is C20H20N2O2. The van der Waals surface area contributed by atoms with Crippen LogP contribution in [0.5, 0.6) is 11.6 Å². The van der Waals surface area contributed by atoms with Gasteiger partial charge in [0.25, 0.3) is 0 Å². The normalized spacial score (nSPS) is 10.5. The van der Waals surface area contributed by atoms with E-state index in [9.17, 15) is 5.11 Å². The van der Waals surface area contributed by atoms with Gasteiger partial charge in [0, 0.05) is 36.0 Å². The van der Waals surface area contributed by atoms with Gasteiger partial charge in [-0.1, -0.05) is 48.5 Å². The van der Waals surface area contributed by atoms with E-state index in [2.05, 4.69) is 28.5 Å². The third-order valence-corrected chi connectivity index (χ3v) is 3.85. The molecule has 0 aliphatic rings. The molecule has 0 saturated carbocycles. The second kappa shape index (κ2) is 7.62. The molecule has 0 radical (unpaired) electrons. The highest BCUT2D eigenvalue weighted by atomic mass is 16.5. The summed E-state index contributed by atoms with van der Waals surface area (Å²) in [5.74, 6) is 0.910. The van der Waals surface area contributed by atoms with Crippen LogP contribution in [-0.4, -0.2) is 17.2 Å². The summed E-state index contributed by atoms with van der Waals surface area (Å²) in [4.78, 5) is 4.41. The van der Waals surface area contributed by atoms with E-state index >= 15 is 0 Å². The molecule has 0 atom stereocenters. The van der Waals surface area contributed by atoms with E-state index < -0.39 is 0 Å². The van der Waals surface area contributed by atoms with Gasteiger partial charge >= 0.3 is 0 Å². The van der Waals surface area contributed by atoms with Crippen LogP contribution in [-0.2, 0) is 13.1 Å². The number of nitrogens with zero attached hydrogens (tertiary/aromatic N) is 1. The highest BCUT2D eigenvalue weighted by Gasteiger charge is 2.08. The van der Waals surface area contributed by atoms with Crippen molar-refractivity contribution in [1.82, 2.24) is 10.3 Å². The lowest BCUT2D eigenvalue weighted by Gasteiger charge is -2.11. The first kappa shape index (κ1) is 16.0. The molecule has 0 fully saturated rings. The second-order valence-electron chi connectivity index (χ2n) is 5.49. The zero-order chi connectivity index (χ0) is 16.8. The van der Waals surface area contributed by atoms with Crippen molar-refractivity contribution in [2.24, 2.45) is 0 Å². The van der Waals surface area contributed by atoms with Gasteiger partial charge in [0.2, 0.25) is 5.88 Å². The van der Waals surface area contributed by atoms with Crippen LogP contribution < -0.4 is 10.1 Å². The summed E-state index contributed by atoms with van der Waals surface area (Å²) in [6.07, 6.45) is 1.82. The van der Waals surface area contributed by atoms with E-state index in [0.717, 1.165) is 22.3 Å². The Hall–Kier alpha value is -2.85. The maximum atomic E-state index is 9.82. The number of rotatable bonds is 6. The molecule has 4 heteroatoms. The highest BCUT2D eigenvalue weighted by Crippen LogP contribution is 2.24. The number of benzene rings is 2. The number of para-hydroxylation sites is 1. The molecule has 1 heterocycles. The third-order valence-electron chi connectivity index (χ3n) is 3.85. The van der Waals surface area contributed by atoms with E-state index in [4.69, 9.17) is 4.74 Å². The molecule has 3 aromatic rings. The number of hydrogen-bond acceptors (Lipinski definition) is 4. The van der Waals surface area contributed by atoms with Crippen LogP contribution >= 0.6 is 0 Å². The smallest absolute Gasteiger partial charge is 0.217 e. The number of nitrogens with one attached hydrogen (secondary N) is 1. The van der Waals surface area contributed by atoms with Crippen molar-refractivity contribution in [3.05, 3.63) is 78.0 Å². The molecule has 0 saturated heterocycles. The monoisotopic (exact) mass is 320 g/mol. The highest BCUT2D eigenvalue weighted by molar-refractivity contribution is 5.63. The van der Waals surface area contributed by atoms with Crippen LogP contribution in [0, 0.1) is 0 Å². The number of phenolic OH excluding ortho intramolecular Hbond substituents is 1. The first-order chi connectivity index (χ1) is 11.8. The Morgan fingerprint density at radius 1 is 0.917 bits per heavy atom. The SMILES string of the molecule is COc1ncc(-c2ccccc2)cc1CNCc1ccccc1O. The maximum Gasteiger partial charge on any atom is 0.217 e. The standard InChI is InChI=1S/C20H20N2O2/c1-24-20-18(13-21-12-16-9-5-6-10-19(16)23)11-17(14-22-20)15-7-3-2-4-8-15/h2-11,14,21,23H,12-13H2,1H3. The number of pyridine rings is 1. The van der Waals surface area contributed by atoms with Crippen LogP contribution in [0.3, 0.4) is 0 Å². The topological polar surface area (TPSA) is 54.4 Å². The Morgan fingerprint density at radius 2 is 1.62 bits per heavy atom. The summed E-state index contributed by atoms with van der Waals surface area (Å²) in [5.41, 5.74) is 4.02. The summed E-state index contributed by atoms with van der Waals surface area (Å²) in [6, 6.07) is 19.5. The lowest BCUT2D eigenvalue weighted by atomic mass is 10.1. The lowest BCUT2D eigenvalue weighted by molar-refractivity contribution is 0.390. The van der Waals surface area contributed by atoms with Gasteiger partial charge in [0.1, 0.15) is 5.75 Å². The summed E-state index contributed by atoms with van der Waals surface area (Å²) in [5, 5.41) is 13.2. The predicted octanol–water partition coefficient (Wildman–Crippen LogP) is 3.75. The predicted molar refractivity (Wildman–Crippen MR) is 94.9 cm³/mol. The molecule has 2 aromatic carbocycles. The third kappa shape index (κ3) is 3.73. The van der Waals surface area contributed by atoms with E-state index in [1.165, 1.54) is 0 Å². The molecule has 0 bridgehead atoms. The van der Waals surface area contributed by atoms with Crippen LogP contribution in [0.1, 0.15) is 11.1 Å². The van der Waals surface area contributed by atoms with E-state index in [1.54, 1.807) is 13.2 Å². The Bertz CT molecular complexity index is 804. The van der Waals surface area contributed by atoms with Crippen molar-refractivity contribution in [3.63, 3.8) is 0 Å². The Balaban J connectivity index is 1.75. The van der Waals surface area contributed by atoms with Gasteiger partial charge in [-0.05, 0) is 17.7 Å². The fourth-order valence-electron chi connectivity index (χ4n) is 2.59. The van der Waals surface area contributed by atoms with E-state index in [0.29, 0.717) is 24.7 Å². The molecule has 0 unspecified atom stereocenters. The number of methoxy groups -OCH3 is 1. The first-order valence-corrected chi connectivity index (χ1v) is 7.84. The molecule has 0 aliphatic carbocycles. The molecular weight excluding hydrogens is 300 g/mol. The minimum Gasteiger partial charge on any atom is -0.508 e. The van der Waals surface area contributed by atoms with Crippen LogP contribution in [0.25, 0.3) is 11.1 Å². The first-order valence-electron chi connectivity index (χ1n) is 7.84. The quantitative estimate of drug-likeness (QED) is 0.726. The number of aromatic hydroxyl groups is 1. The molecule has 24 heavy (non-hydrogen) atoms. The fraction of sp³-hybridized carbons (Fsp3) is 0.150. The van der Waals surface area contributed by atoms with Crippen LogP contribution in [0.4, 0.5) is 0 Å². The average Bonchev–Trinajstić information content (AvgIpc) is 2.64. The molecule has 0 aliphatic heterocycles. The average molecular weight is 320 g/mol. The summed E-state index contributed by atoms with van der Waals surface area (Å²) < 4.78 is 5.36. The van der Waals surface area contributed by atoms with Crippen molar-refractivity contribution in [2.45, 2.75) is 13.1 Å². The van der Waals surface area contributed by atoms with Crippen molar-refractivity contribution < 1.29 is 9.84 Å². The largest absolute Gasteiger partial charge is 0.508 e. The van der Waals surface area contributed by atoms with Crippen LogP contribution in [0.2, 0.25) is 0 Å². The second-order valence-corrected chi connectivity index (χ2v) is 5.49. The van der Waals surface area contributed by atoms with Gasteiger partial charge in [-0.3, -0.25) is 0 Å². The Morgan fingerprint density at radius 3 is 2.38 bits per heavy atom. The summed E-state index contributed by atoms with van der Waals surface area (Å²) in [7, 11) is 1.62. The Kier molecular flexibility index (Phi) is 5.08. The minimum absolute atomic E-state index is 0.299. The van der Waals surface area contributed by atoms with Crippen molar-refractivity contribution in [1.29, 1.82) is 0 Å².